The lowest BCUT2D eigenvalue weighted by Gasteiger charge is -2.21. The van der Waals surface area contributed by atoms with Crippen LogP contribution in [-0.2, 0) is 0 Å². The van der Waals surface area contributed by atoms with E-state index in [2.05, 4.69) is 60.6 Å². The van der Waals surface area contributed by atoms with Crippen LogP contribution in [0.25, 0.3) is 11.3 Å². The fourth-order valence-electron chi connectivity index (χ4n) is 1.92. The molecule has 0 radical (unpaired) electrons. The summed E-state index contributed by atoms with van der Waals surface area (Å²) in [6.07, 6.45) is 2.97. The number of hydrogen-bond donors (Lipinski definition) is 2. The van der Waals surface area contributed by atoms with Crippen molar-refractivity contribution >= 4 is 5.69 Å². The third kappa shape index (κ3) is 2.92. The number of hydrogen-bond acceptors (Lipinski definition) is 2. The molecule has 1 heterocycles. The van der Waals surface area contributed by atoms with Crippen molar-refractivity contribution in [2.75, 3.05) is 5.32 Å². The van der Waals surface area contributed by atoms with Gasteiger partial charge in [0.05, 0.1) is 5.69 Å². The highest BCUT2D eigenvalue weighted by atomic mass is 15.1. The second kappa shape index (κ2) is 5.71. The molecule has 0 amide bonds. The van der Waals surface area contributed by atoms with E-state index in [4.69, 9.17) is 0 Å². The highest BCUT2D eigenvalue weighted by Crippen LogP contribution is 2.20. The Morgan fingerprint density at radius 1 is 1.17 bits per heavy atom. The van der Waals surface area contributed by atoms with Crippen molar-refractivity contribution in [3.63, 3.8) is 0 Å². The van der Waals surface area contributed by atoms with Crippen LogP contribution in [0.4, 0.5) is 5.69 Å². The maximum atomic E-state index is 3.96. The number of nitrogens with zero attached hydrogens (tertiary/aromatic N) is 1. The average Bonchev–Trinajstić information content (AvgIpc) is 2.92. The third-order valence-corrected chi connectivity index (χ3v) is 3.59. The van der Waals surface area contributed by atoms with Crippen LogP contribution in [0.15, 0.2) is 36.5 Å². The molecule has 2 rings (SSSR count). The van der Waals surface area contributed by atoms with Gasteiger partial charge in [-0.1, -0.05) is 32.4 Å². The van der Waals surface area contributed by atoms with Crippen molar-refractivity contribution in [3.8, 4) is 11.3 Å². The van der Waals surface area contributed by atoms with Gasteiger partial charge in [-0.2, -0.15) is 5.10 Å². The first kappa shape index (κ1) is 12.7. The van der Waals surface area contributed by atoms with E-state index in [1.54, 1.807) is 6.20 Å². The first-order chi connectivity index (χ1) is 8.70. The van der Waals surface area contributed by atoms with Gasteiger partial charge in [-0.3, -0.25) is 5.10 Å². The van der Waals surface area contributed by atoms with E-state index in [1.807, 2.05) is 6.07 Å². The molecule has 0 aliphatic rings. The first-order valence-corrected chi connectivity index (χ1v) is 6.57. The standard InChI is InChI=1S/C15H21N3/c1-4-11(2)12(3)17-14-7-5-13(6-8-14)15-9-10-16-18-15/h5-12,17H,4H2,1-3H3,(H,16,18). The molecule has 0 spiro atoms. The zero-order chi connectivity index (χ0) is 13.0. The fourth-order valence-corrected chi connectivity index (χ4v) is 1.92. The van der Waals surface area contributed by atoms with Crippen molar-refractivity contribution in [1.29, 1.82) is 0 Å². The van der Waals surface area contributed by atoms with Crippen molar-refractivity contribution in [3.05, 3.63) is 36.5 Å². The number of H-pyrrole nitrogens is 1. The molecule has 2 unspecified atom stereocenters. The largest absolute Gasteiger partial charge is 0.382 e. The van der Waals surface area contributed by atoms with E-state index in [0.29, 0.717) is 12.0 Å². The number of aromatic nitrogens is 2. The molecule has 18 heavy (non-hydrogen) atoms. The van der Waals surface area contributed by atoms with Crippen LogP contribution >= 0.6 is 0 Å². The summed E-state index contributed by atoms with van der Waals surface area (Å²) in [4.78, 5) is 0. The van der Waals surface area contributed by atoms with E-state index in [1.165, 1.54) is 12.1 Å². The lowest BCUT2D eigenvalue weighted by molar-refractivity contribution is 0.494. The van der Waals surface area contributed by atoms with Gasteiger partial charge in [0.25, 0.3) is 0 Å². The maximum absolute atomic E-state index is 3.96. The Morgan fingerprint density at radius 2 is 1.89 bits per heavy atom. The van der Waals surface area contributed by atoms with Gasteiger partial charge in [0.2, 0.25) is 0 Å². The minimum atomic E-state index is 0.494. The van der Waals surface area contributed by atoms with Crippen molar-refractivity contribution in [2.24, 2.45) is 5.92 Å². The van der Waals surface area contributed by atoms with Crippen molar-refractivity contribution in [2.45, 2.75) is 33.2 Å². The summed E-state index contributed by atoms with van der Waals surface area (Å²) in [7, 11) is 0. The predicted molar refractivity (Wildman–Crippen MR) is 76.6 cm³/mol. The molecular weight excluding hydrogens is 222 g/mol. The quantitative estimate of drug-likeness (QED) is 0.835. The molecule has 0 saturated carbocycles. The molecule has 2 atom stereocenters. The van der Waals surface area contributed by atoms with E-state index in [0.717, 1.165) is 11.3 Å². The molecule has 0 bridgehead atoms. The summed E-state index contributed by atoms with van der Waals surface area (Å²) < 4.78 is 0. The first-order valence-electron chi connectivity index (χ1n) is 6.57. The zero-order valence-electron chi connectivity index (χ0n) is 11.3. The Bertz CT molecular complexity index is 459. The van der Waals surface area contributed by atoms with Crippen LogP contribution < -0.4 is 5.32 Å². The highest BCUT2D eigenvalue weighted by Gasteiger charge is 2.09. The number of nitrogens with one attached hydrogen (secondary N) is 2. The zero-order valence-corrected chi connectivity index (χ0v) is 11.3. The summed E-state index contributed by atoms with van der Waals surface area (Å²) in [6.45, 7) is 6.73. The van der Waals surface area contributed by atoms with E-state index >= 15 is 0 Å². The molecule has 0 saturated heterocycles. The van der Waals surface area contributed by atoms with Gasteiger partial charge in [0.15, 0.2) is 0 Å². The van der Waals surface area contributed by atoms with E-state index in [-0.39, 0.29) is 0 Å². The topological polar surface area (TPSA) is 40.7 Å². The number of anilines is 1. The van der Waals surface area contributed by atoms with E-state index in [9.17, 15) is 0 Å². The van der Waals surface area contributed by atoms with Crippen LogP contribution in [0.2, 0.25) is 0 Å². The fraction of sp³-hybridized carbons (Fsp3) is 0.400. The molecule has 1 aromatic heterocycles. The van der Waals surface area contributed by atoms with Crippen LogP contribution in [0.1, 0.15) is 27.2 Å². The molecule has 1 aromatic carbocycles. The van der Waals surface area contributed by atoms with Crippen LogP contribution in [0.5, 0.6) is 0 Å². The maximum Gasteiger partial charge on any atom is 0.0650 e. The van der Waals surface area contributed by atoms with Crippen molar-refractivity contribution in [1.82, 2.24) is 10.2 Å². The summed E-state index contributed by atoms with van der Waals surface area (Å²) in [5.41, 5.74) is 3.39. The molecule has 2 N–H and O–H groups in total. The number of aromatic amines is 1. The van der Waals surface area contributed by atoms with Gasteiger partial charge in [0, 0.05) is 17.9 Å². The Balaban J connectivity index is 2.04. The lowest BCUT2D eigenvalue weighted by Crippen LogP contribution is -2.23. The molecule has 96 valence electrons. The minimum Gasteiger partial charge on any atom is -0.382 e. The SMILES string of the molecule is CCC(C)C(C)Nc1ccc(-c2ccn[nH]2)cc1. The Kier molecular flexibility index (Phi) is 4.03. The molecular formula is C15H21N3. The molecule has 3 nitrogen and oxygen atoms in total. The lowest BCUT2D eigenvalue weighted by atomic mass is 10.0. The van der Waals surface area contributed by atoms with Crippen molar-refractivity contribution < 1.29 is 0 Å². The van der Waals surface area contributed by atoms with Crippen LogP contribution in [-0.4, -0.2) is 16.2 Å². The average molecular weight is 243 g/mol. The van der Waals surface area contributed by atoms with Crippen LogP contribution in [0, 0.1) is 5.92 Å². The van der Waals surface area contributed by atoms with Gasteiger partial charge in [-0.15, -0.1) is 0 Å². The monoisotopic (exact) mass is 243 g/mol. The Hall–Kier alpha value is -1.77. The summed E-state index contributed by atoms with van der Waals surface area (Å²) >= 11 is 0. The molecule has 0 fully saturated rings. The van der Waals surface area contributed by atoms with Gasteiger partial charge < -0.3 is 5.32 Å². The summed E-state index contributed by atoms with van der Waals surface area (Å²) in [5.74, 6) is 0.678. The highest BCUT2D eigenvalue weighted by molar-refractivity contribution is 5.62. The van der Waals surface area contributed by atoms with Gasteiger partial charge >= 0.3 is 0 Å². The van der Waals surface area contributed by atoms with E-state index < -0.39 is 0 Å². The summed E-state index contributed by atoms with van der Waals surface area (Å²) in [5, 5.41) is 10.5. The van der Waals surface area contributed by atoms with Gasteiger partial charge in [-0.05, 0) is 36.6 Å². The summed E-state index contributed by atoms with van der Waals surface area (Å²) in [6, 6.07) is 10.9. The third-order valence-electron chi connectivity index (χ3n) is 3.59. The minimum absolute atomic E-state index is 0.494. The van der Waals surface area contributed by atoms with Gasteiger partial charge in [-0.25, -0.2) is 0 Å². The molecule has 0 aliphatic carbocycles. The number of benzene rings is 1. The second-order valence-electron chi connectivity index (χ2n) is 4.87. The van der Waals surface area contributed by atoms with Crippen LogP contribution in [0.3, 0.4) is 0 Å². The Labute approximate surface area is 109 Å². The van der Waals surface area contributed by atoms with Gasteiger partial charge in [0.1, 0.15) is 0 Å². The molecule has 2 aromatic rings. The second-order valence-corrected chi connectivity index (χ2v) is 4.87. The molecule has 3 heteroatoms. The molecule has 0 aliphatic heterocycles. The smallest absolute Gasteiger partial charge is 0.0650 e. The normalized spacial score (nSPS) is 14.2. The Morgan fingerprint density at radius 3 is 2.44 bits per heavy atom. The predicted octanol–water partition coefficient (Wildman–Crippen LogP) is 3.92. The number of rotatable bonds is 5.